The third-order valence-electron chi connectivity index (χ3n) is 3.73. The number of benzene rings is 3. The van der Waals surface area contributed by atoms with E-state index in [9.17, 15) is 5.11 Å². The van der Waals surface area contributed by atoms with E-state index in [1.54, 1.807) is 0 Å². The first-order valence-corrected chi connectivity index (χ1v) is 7.56. The Balaban J connectivity index is 1.83. The lowest BCUT2D eigenvalue weighted by Crippen LogP contribution is -1.98. The number of hydrogen-bond acceptors (Lipinski definition) is 3. The third kappa shape index (κ3) is 3.52. The summed E-state index contributed by atoms with van der Waals surface area (Å²) in [7, 11) is 0. The van der Waals surface area contributed by atoms with Gasteiger partial charge in [-0.05, 0) is 29.3 Å². The topological polar surface area (TPSA) is 55.5 Å². The zero-order valence-electron chi connectivity index (χ0n) is 12.8. The normalized spacial score (nSPS) is 10.5. The molecule has 3 rings (SSSR count). The molecule has 23 heavy (non-hydrogen) atoms. The first-order valence-electron chi connectivity index (χ1n) is 7.56. The molecule has 3 heteroatoms. The molecule has 3 nitrogen and oxygen atoms in total. The average molecular weight is 305 g/mol. The van der Waals surface area contributed by atoms with Gasteiger partial charge in [-0.25, -0.2) is 0 Å². The highest BCUT2D eigenvalue weighted by molar-refractivity contribution is 5.72. The minimum absolute atomic E-state index is 0.246. The number of ether oxygens (including phenoxy) is 1. The van der Waals surface area contributed by atoms with Gasteiger partial charge < -0.3 is 15.6 Å². The Morgan fingerprint density at radius 3 is 2.43 bits per heavy atom. The summed E-state index contributed by atoms with van der Waals surface area (Å²) >= 11 is 0. The van der Waals surface area contributed by atoms with Crippen LogP contribution in [0.1, 0.15) is 11.1 Å². The van der Waals surface area contributed by atoms with E-state index >= 15 is 0 Å². The van der Waals surface area contributed by atoms with Gasteiger partial charge in [0.15, 0.2) is 0 Å². The Bertz CT molecular complexity index is 785. The quantitative estimate of drug-likeness (QED) is 0.746. The summed E-state index contributed by atoms with van der Waals surface area (Å²) in [6.45, 7) is 0.797. The molecule has 0 bridgehead atoms. The van der Waals surface area contributed by atoms with Crippen molar-refractivity contribution in [3.8, 4) is 22.6 Å². The molecule has 0 aromatic heterocycles. The van der Waals surface area contributed by atoms with Crippen LogP contribution < -0.4 is 10.5 Å². The number of nitrogens with two attached hydrogens (primary N) is 1. The van der Waals surface area contributed by atoms with Gasteiger partial charge in [0, 0.05) is 17.7 Å². The number of phenolic OH excluding ortho intramolecular Hbond substituents is 1. The van der Waals surface area contributed by atoms with Gasteiger partial charge in [0.05, 0.1) is 0 Å². The van der Waals surface area contributed by atoms with Crippen LogP contribution in [0.2, 0.25) is 0 Å². The van der Waals surface area contributed by atoms with Gasteiger partial charge in [0.25, 0.3) is 0 Å². The molecule has 0 aliphatic rings. The average Bonchev–Trinajstić information content (AvgIpc) is 2.61. The minimum Gasteiger partial charge on any atom is -0.507 e. The lowest BCUT2D eigenvalue weighted by molar-refractivity contribution is 0.306. The maximum Gasteiger partial charge on any atom is 0.127 e. The summed E-state index contributed by atoms with van der Waals surface area (Å²) in [5.41, 5.74) is 9.19. The minimum atomic E-state index is 0.246. The van der Waals surface area contributed by atoms with Crippen molar-refractivity contribution in [2.24, 2.45) is 5.73 Å². The van der Waals surface area contributed by atoms with E-state index in [4.69, 9.17) is 10.5 Å². The van der Waals surface area contributed by atoms with E-state index in [0.717, 1.165) is 28.0 Å². The number of aromatic hydroxyl groups is 1. The molecule has 0 spiro atoms. The summed E-state index contributed by atoms with van der Waals surface area (Å²) in [5.74, 6) is 1.09. The molecule has 0 fully saturated rings. The van der Waals surface area contributed by atoms with Crippen LogP contribution in [0.4, 0.5) is 0 Å². The Morgan fingerprint density at radius 2 is 1.65 bits per heavy atom. The summed E-state index contributed by atoms with van der Waals surface area (Å²) in [5, 5.41) is 10.3. The fourth-order valence-corrected chi connectivity index (χ4v) is 2.50. The number of rotatable bonds is 5. The zero-order chi connectivity index (χ0) is 16.1. The second-order valence-electron chi connectivity index (χ2n) is 5.32. The molecule has 0 heterocycles. The Morgan fingerprint density at radius 1 is 0.870 bits per heavy atom. The summed E-state index contributed by atoms with van der Waals surface area (Å²) in [4.78, 5) is 0. The molecule has 3 aromatic carbocycles. The fraction of sp³-hybridized carbons (Fsp3) is 0.100. The van der Waals surface area contributed by atoms with Crippen molar-refractivity contribution in [2.75, 3.05) is 0 Å². The Labute approximate surface area is 136 Å². The number of hydrogen-bond donors (Lipinski definition) is 2. The van der Waals surface area contributed by atoms with Crippen LogP contribution in [-0.4, -0.2) is 5.11 Å². The predicted molar refractivity (Wildman–Crippen MR) is 92.2 cm³/mol. The van der Waals surface area contributed by atoms with Gasteiger partial charge >= 0.3 is 0 Å². The van der Waals surface area contributed by atoms with Gasteiger partial charge in [0.1, 0.15) is 18.1 Å². The molecule has 0 aliphatic heterocycles. The smallest absolute Gasteiger partial charge is 0.127 e. The molecular formula is C20H19NO2. The highest BCUT2D eigenvalue weighted by Crippen LogP contribution is 2.32. The SMILES string of the molecule is NCc1cccc(-c2cccc(COc3ccccc3)c2)c1O. The van der Waals surface area contributed by atoms with Crippen LogP contribution in [-0.2, 0) is 13.2 Å². The van der Waals surface area contributed by atoms with Gasteiger partial charge in [-0.2, -0.15) is 0 Å². The molecule has 0 saturated heterocycles. The second-order valence-corrected chi connectivity index (χ2v) is 5.32. The van der Waals surface area contributed by atoms with Crippen LogP contribution in [0.3, 0.4) is 0 Å². The largest absolute Gasteiger partial charge is 0.507 e. The van der Waals surface area contributed by atoms with Crippen LogP contribution in [0.15, 0.2) is 72.8 Å². The van der Waals surface area contributed by atoms with Crippen molar-refractivity contribution >= 4 is 0 Å². The zero-order valence-corrected chi connectivity index (χ0v) is 12.8. The van der Waals surface area contributed by atoms with Crippen molar-refractivity contribution in [2.45, 2.75) is 13.2 Å². The molecule has 3 aromatic rings. The highest BCUT2D eigenvalue weighted by atomic mass is 16.5. The maximum absolute atomic E-state index is 10.3. The van der Waals surface area contributed by atoms with Crippen LogP contribution in [0, 0.1) is 0 Å². The van der Waals surface area contributed by atoms with Gasteiger partial charge in [0.2, 0.25) is 0 Å². The van der Waals surface area contributed by atoms with E-state index in [1.165, 1.54) is 0 Å². The summed E-state index contributed by atoms with van der Waals surface area (Å²) in [6.07, 6.45) is 0. The lowest BCUT2D eigenvalue weighted by Gasteiger charge is -2.11. The van der Waals surface area contributed by atoms with Gasteiger partial charge in [-0.3, -0.25) is 0 Å². The number of phenols is 1. The van der Waals surface area contributed by atoms with Crippen LogP contribution in [0.5, 0.6) is 11.5 Å². The van der Waals surface area contributed by atoms with Crippen LogP contribution in [0.25, 0.3) is 11.1 Å². The first-order chi connectivity index (χ1) is 11.3. The fourth-order valence-electron chi connectivity index (χ4n) is 2.50. The van der Waals surface area contributed by atoms with Crippen molar-refractivity contribution in [1.29, 1.82) is 0 Å². The van der Waals surface area contributed by atoms with E-state index in [1.807, 2.05) is 72.8 Å². The van der Waals surface area contributed by atoms with E-state index < -0.39 is 0 Å². The lowest BCUT2D eigenvalue weighted by atomic mass is 10.00. The van der Waals surface area contributed by atoms with Crippen LogP contribution >= 0.6 is 0 Å². The maximum atomic E-state index is 10.3. The van der Waals surface area contributed by atoms with E-state index in [0.29, 0.717) is 13.2 Å². The molecule has 0 aliphatic carbocycles. The van der Waals surface area contributed by atoms with Gasteiger partial charge in [-0.15, -0.1) is 0 Å². The van der Waals surface area contributed by atoms with Crippen molar-refractivity contribution in [3.05, 3.63) is 83.9 Å². The van der Waals surface area contributed by atoms with E-state index in [-0.39, 0.29) is 5.75 Å². The number of para-hydroxylation sites is 2. The van der Waals surface area contributed by atoms with Crippen molar-refractivity contribution in [1.82, 2.24) is 0 Å². The monoisotopic (exact) mass is 305 g/mol. The van der Waals surface area contributed by atoms with Gasteiger partial charge in [-0.1, -0.05) is 54.6 Å². The molecule has 0 saturated carbocycles. The Kier molecular flexibility index (Phi) is 4.60. The summed E-state index contributed by atoms with van der Waals surface area (Å²) < 4.78 is 5.78. The molecule has 0 radical (unpaired) electrons. The first kappa shape index (κ1) is 15.1. The molecular weight excluding hydrogens is 286 g/mol. The molecule has 0 atom stereocenters. The third-order valence-corrected chi connectivity index (χ3v) is 3.73. The van der Waals surface area contributed by atoms with E-state index in [2.05, 4.69) is 0 Å². The predicted octanol–water partition coefficient (Wildman–Crippen LogP) is 4.10. The molecule has 3 N–H and O–H groups in total. The second kappa shape index (κ2) is 6.99. The molecule has 0 amide bonds. The standard InChI is InChI=1S/C20H19NO2/c21-13-17-8-5-11-19(20(17)22)16-7-4-6-15(12-16)14-23-18-9-2-1-3-10-18/h1-12,22H,13-14,21H2. The summed E-state index contributed by atoms with van der Waals surface area (Å²) in [6, 6.07) is 23.3. The molecule has 0 unspecified atom stereocenters. The Hall–Kier alpha value is -2.78. The van der Waals surface area contributed by atoms with Crippen molar-refractivity contribution in [3.63, 3.8) is 0 Å². The highest BCUT2D eigenvalue weighted by Gasteiger charge is 2.08. The van der Waals surface area contributed by atoms with Crippen molar-refractivity contribution < 1.29 is 9.84 Å². The molecule has 116 valence electrons.